The smallest absolute Gasteiger partial charge is 0.324 e. The molecule has 0 spiro atoms. The summed E-state index contributed by atoms with van der Waals surface area (Å²) in [4.78, 5) is 29.1. The summed E-state index contributed by atoms with van der Waals surface area (Å²) in [7, 11) is 1.48. The number of ether oxygens (including phenoxy) is 1. The van der Waals surface area contributed by atoms with Crippen molar-refractivity contribution in [3.63, 3.8) is 0 Å². The van der Waals surface area contributed by atoms with Gasteiger partial charge in [0.1, 0.15) is 22.9 Å². The normalized spacial score (nSPS) is 13.7. The Bertz CT molecular complexity index is 1220. The molecule has 0 saturated carbocycles. The van der Waals surface area contributed by atoms with E-state index in [9.17, 15) is 18.4 Å². The Balaban J connectivity index is 1.58. The van der Waals surface area contributed by atoms with Crippen molar-refractivity contribution in [3.8, 4) is 5.75 Å². The van der Waals surface area contributed by atoms with Gasteiger partial charge in [0.05, 0.1) is 12.8 Å². The number of carbonyl (C=O) groups is 2. The lowest BCUT2D eigenvalue weighted by Gasteiger charge is -2.36. The third-order valence-corrected chi connectivity index (χ3v) is 5.73. The van der Waals surface area contributed by atoms with Crippen LogP contribution in [0.4, 0.5) is 25.0 Å². The number of hydrogen-bond acceptors (Lipinski definition) is 3. The highest BCUT2D eigenvalue weighted by atomic mass is 35.5. The predicted octanol–water partition coefficient (Wildman–Crippen LogP) is 5.71. The van der Waals surface area contributed by atoms with Gasteiger partial charge in [-0.05, 0) is 54.4 Å². The van der Waals surface area contributed by atoms with Crippen LogP contribution >= 0.6 is 11.6 Å². The van der Waals surface area contributed by atoms with Crippen LogP contribution in [0.3, 0.4) is 0 Å². The molecule has 0 unspecified atom stereocenters. The SMILES string of the molecule is COc1ccc(NC(=O)c2c(F)cccc2F)cc1N1CCCN(Cc2cccc(Cl)c2)C1=O. The van der Waals surface area contributed by atoms with Gasteiger partial charge in [-0.25, -0.2) is 13.6 Å². The molecule has 3 aromatic rings. The maximum Gasteiger partial charge on any atom is 0.324 e. The summed E-state index contributed by atoms with van der Waals surface area (Å²) >= 11 is 6.07. The van der Waals surface area contributed by atoms with E-state index in [1.807, 2.05) is 18.2 Å². The van der Waals surface area contributed by atoms with Crippen molar-refractivity contribution in [1.29, 1.82) is 0 Å². The lowest BCUT2D eigenvalue weighted by Crippen LogP contribution is -2.49. The topological polar surface area (TPSA) is 61.9 Å². The minimum absolute atomic E-state index is 0.229. The van der Waals surface area contributed by atoms with Crippen molar-refractivity contribution in [3.05, 3.63) is 88.4 Å². The van der Waals surface area contributed by atoms with Crippen LogP contribution in [-0.2, 0) is 6.54 Å². The van der Waals surface area contributed by atoms with Crippen LogP contribution in [0.1, 0.15) is 22.3 Å². The van der Waals surface area contributed by atoms with Crippen LogP contribution in [0.5, 0.6) is 5.75 Å². The summed E-state index contributed by atoms with van der Waals surface area (Å²) < 4.78 is 33.4. The van der Waals surface area contributed by atoms with Gasteiger partial charge >= 0.3 is 6.03 Å². The third-order valence-electron chi connectivity index (χ3n) is 5.49. The number of rotatable bonds is 6. The van der Waals surface area contributed by atoms with Gasteiger partial charge in [0.15, 0.2) is 0 Å². The number of halogens is 3. The molecule has 0 bridgehead atoms. The Labute approximate surface area is 200 Å². The van der Waals surface area contributed by atoms with Crippen LogP contribution in [-0.4, -0.2) is 37.0 Å². The summed E-state index contributed by atoms with van der Waals surface area (Å²) in [6.07, 6.45) is 0.715. The van der Waals surface area contributed by atoms with Gasteiger partial charge in [-0.2, -0.15) is 0 Å². The lowest BCUT2D eigenvalue weighted by atomic mass is 10.1. The fraction of sp³-hybridized carbons (Fsp3) is 0.200. The number of anilines is 2. The van der Waals surface area contributed by atoms with Crippen LogP contribution in [0, 0.1) is 11.6 Å². The van der Waals surface area contributed by atoms with Crippen molar-refractivity contribution in [2.45, 2.75) is 13.0 Å². The molecule has 1 aliphatic heterocycles. The molecule has 9 heteroatoms. The maximum absolute atomic E-state index is 14.0. The predicted molar refractivity (Wildman–Crippen MR) is 127 cm³/mol. The molecule has 3 amide bonds. The van der Waals surface area contributed by atoms with Crippen LogP contribution < -0.4 is 15.0 Å². The van der Waals surface area contributed by atoms with E-state index in [0.29, 0.717) is 42.5 Å². The molecule has 3 aromatic carbocycles. The zero-order valence-electron chi connectivity index (χ0n) is 18.4. The Kier molecular flexibility index (Phi) is 6.98. The van der Waals surface area contributed by atoms with Gasteiger partial charge in [-0.15, -0.1) is 0 Å². The highest BCUT2D eigenvalue weighted by Gasteiger charge is 2.29. The van der Waals surface area contributed by atoms with Crippen molar-refractivity contribution in [2.24, 2.45) is 0 Å². The van der Waals surface area contributed by atoms with E-state index in [2.05, 4.69) is 5.32 Å². The van der Waals surface area contributed by atoms with Gasteiger partial charge in [-0.3, -0.25) is 9.69 Å². The van der Waals surface area contributed by atoms with Gasteiger partial charge in [0, 0.05) is 30.3 Å². The second-order valence-corrected chi connectivity index (χ2v) is 8.21. The van der Waals surface area contributed by atoms with E-state index in [-0.39, 0.29) is 11.7 Å². The first kappa shape index (κ1) is 23.5. The average molecular weight is 486 g/mol. The molecule has 6 nitrogen and oxygen atoms in total. The van der Waals surface area contributed by atoms with Crippen molar-refractivity contribution in [1.82, 2.24) is 4.90 Å². The molecule has 0 radical (unpaired) electrons. The van der Waals surface area contributed by atoms with Gasteiger partial charge in [-0.1, -0.05) is 29.8 Å². The molecule has 176 valence electrons. The fourth-order valence-electron chi connectivity index (χ4n) is 3.89. The Morgan fingerprint density at radius 3 is 2.50 bits per heavy atom. The van der Waals surface area contributed by atoms with Crippen LogP contribution in [0.2, 0.25) is 5.02 Å². The highest BCUT2D eigenvalue weighted by molar-refractivity contribution is 6.30. The first-order chi connectivity index (χ1) is 16.4. The second kappa shape index (κ2) is 10.1. The summed E-state index contributed by atoms with van der Waals surface area (Å²) in [5.41, 5.74) is 0.933. The minimum atomic E-state index is -0.964. The van der Waals surface area contributed by atoms with Gasteiger partial charge in [0.25, 0.3) is 5.91 Å². The fourth-order valence-corrected chi connectivity index (χ4v) is 4.11. The van der Waals surface area contributed by atoms with Gasteiger partial charge in [0.2, 0.25) is 0 Å². The van der Waals surface area contributed by atoms with Crippen molar-refractivity contribution >= 4 is 34.9 Å². The standard InChI is InChI=1S/C25H22ClF2N3O3/c1-34-22-10-9-18(29-24(32)23-19(27)7-3-8-20(23)28)14-21(22)31-12-4-11-30(25(31)33)15-16-5-2-6-17(26)13-16/h2-3,5-10,13-14H,4,11-12,15H2,1H3,(H,29,32). The number of amides is 3. The molecular weight excluding hydrogens is 464 g/mol. The molecule has 0 aliphatic carbocycles. The molecular formula is C25H22ClF2N3O3. The summed E-state index contributed by atoms with van der Waals surface area (Å²) in [6.45, 7) is 1.41. The zero-order chi connectivity index (χ0) is 24.2. The number of hydrogen-bond donors (Lipinski definition) is 1. The van der Waals surface area contributed by atoms with E-state index in [1.165, 1.54) is 19.2 Å². The van der Waals surface area contributed by atoms with Crippen molar-refractivity contribution in [2.75, 3.05) is 30.4 Å². The van der Waals surface area contributed by atoms with E-state index in [1.54, 1.807) is 28.0 Å². The quantitative estimate of drug-likeness (QED) is 0.486. The van der Waals surface area contributed by atoms with E-state index >= 15 is 0 Å². The Hall–Kier alpha value is -3.65. The van der Waals surface area contributed by atoms with E-state index < -0.39 is 23.1 Å². The monoisotopic (exact) mass is 485 g/mol. The molecule has 1 heterocycles. The Morgan fingerprint density at radius 1 is 1.06 bits per heavy atom. The van der Waals surface area contributed by atoms with Gasteiger partial charge < -0.3 is 15.0 Å². The molecule has 1 fully saturated rings. The molecule has 1 saturated heterocycles. The maximum atomic E-state index is 14.0. The van der Waals surface area contributed by atoms with E-state index in [0.717, 1.165) is 17.7 Å². The van der Waals surface area contributed by atoms with Crippen LogP contribution in [0.15, 0.2) is 60.7 Å². The Morgan fingerprint density at radius 2 is 1.79 bits per heavy atom. The highest BCUT2D eigenvalue weighted by Crippen LogP contribution is 2.34. The largest absolute Gasteiger partial charge is 0.495 e. The lowest BCUT2D eigenvalue weighted by molar-refractivity contribution is 0.101. The van der Waals surface area contributed by atoms with Crippen molar-refractivity contribution < 1.29 is 23.1 Å². The average Bonchev–Trinajstić information content (AvgIpc) is 2.80. The van der Waals surface area contributed by atoms with E-state index in [4.69, 9.17) is 16.3 Å². The zero-order valence-corrected chi connectivity index (χ0v) is 19.1. The summed E-state index contributed by atoms with van der Waals surface area (Å²) in [5, 5.41) is 3.09. The third kappa shape index (κ3) is 4.97. The number of nitrogens with one attached hydrogen (secondary N) is 1. The molecule has 4 rings (SSSR count). The number of urea groups is 1. The summed E-state index contributed by atoms with van der Waals surface area (Å²) in [6, 6.07) is 15.0. The molecule has 0 aromatic heterocycles. The first-order valence-electron chi connectivity index (χ1n) is 10.6. The number of benzene rings is 3. The number of methoxy groups -OCH3 is 1. The molecule has 34 heavy (non-hydrogen) atoms. The molecule has 1 N–H and O–H groups in total. The van der Waals surface area contributed by atoms with Crippen LogP contribution in [0.25, 0.3) is 0 Å². The summed E-state index contributed by atoms with van der Waals surface area (Å²) in [5.74, 6) is -2.43. The number of nitrogens with zero attached hydrogens (tertiary/aromatic N) is 2. The molecule has 1 aliphatic rings. The molecule has 0 atom stereocenters. The number of carbonyl (C=O) groups excluding carboxylic acids is 2. The second-order valence-electron chi connectivity index (χ2n) is 7.78. The first-order valence-corrected chi connectivity index (χ1v) is 11.0. The minimum Gasteiger partial charge on any atom is -0.495 e.